The zero-order valence-electron chi connectivity index (χ0n) is 29.1. The van der Waals surface area contributed by atoms with E-state index in [1.165, 1.54) is 55.7 Å². The summed E-state index contributed by atoms with van der Waals surface area (Å²) in [5.74, 6) is 0.330. The van der Waals surface area contributed by atoms with Gasteiger partial charge in [0.15, 0.2) is 0 Å². The van der Waals surface area contributed by atoms with Crippen LogP contribution in [0.2, 0.25) is 0 Å². The molecule has 0 N–H and O–H groups in total. The molecule has 0 unspecified atom stereocenters. The Balaban J connectivity index is 1.35. The quantitative estimate of drug-likeness (QED) is 0.368. The number of halogens is 1. The first kappa shape index (κ1) is 37.0. The van der Waals surface area contributed by atoms with Gasteiger partial charge in [0, 0.05) is 83.1 Å². The van der Waals surface area contributed by atoms with E-state index in [0.717, 1.165) is 37.3 Å². The van der Waals surface area contributed by atoms with Gasteiger partial charge in [0.25, 0.3) is 10.2 Å². The summed E-state index contributed by atoms with van der Waals surface area (Å²) in [4.78, 5) is 4.61. The second-order valence-corrected chi connectivity index (χ2v) is 18.0. The molecule has 10 nitrogen and oxygen atoms in total. The third-order valence-electron chi connectivity index (χ3n) is 10.2. The van der Waals surface area contributed by atoms with Crippen LogP contribution in [0.5, 0.6) is 5.75 Å². The van der Waals surface area contributed by atoms with Gasteiger partial charge in [0.05, 0.1) is 12.0 Å². The zero-order valence-corrected chi connectivity index (χ0v) is 30.7. The summed E-state index contributed by atoms with van der Waals surface area (Å²) < 4.78 is 80.1. The monoisotopic (exact) mass is 707 g/mol. The molecular weight excluding hydrogens is 654 g/mol. The Hall–Kier alpha value is -2.29. The van der Waals surface area contributed by atoms with E-state index in [1.807, 2.05) is 38.1 Å². The number of hydrogen-bond donors (Lipinski definition) is 0. The first-order valence-electron chi connectivity index (χ1n) is 17.5. The number of benzene rings is 2. The summed E-state index contributed by atoms with van der Waals surface area (Å²) in [5, 5.41) is 0. The molecule has 3 aliphatic rings. The van der Waals surface area contributed by atoms with Crippen molar-refractivity contribution in [3.05, 3.63) is 53.8 Å². The van der Waals surface area contributed by atoms with Crippen LogP contribution in [-0.2, 0) is 20.2 Å². The Labute approximate surface area is 288 Å². The van der Waals surface area contributed by atoms with Crippen LogP contribution in [0.15, 0.2) is 47.4 Å². The van der Waals surface area contributed by atoms with Gasteiger partial charge < -0.3 is 14.5 Å². The van der Waals surface area contributed by atoms with Gasteiger partial charge in [-0.1, -0.05) is 32.3 Å². The van der Waals surface area contributed by atoms with Crippen molar-refractivity contribution in [1.82, 2.24) is 17.8 Å². The van der Waals surface area contributed by atoms with Crippen LogP contribution in [0.4, 0.5) is 10.1 Å². The fourth-order valence-electron chi connectivity index (χ4n) is 7.41. The van der Waals surface area contributed by atoms with E-state index in [-0.39, 0.29) is 42.9 Å². The van der Waals surface area contributed by atoms with Crippen LogP contribution >= 0.6 is 0 Å². The summed E-state index contributed by atoms with van der Waals surface area (Å²) in [5.41, 5.74) is 1.71. The molecule has 13 heteroatoms. The van der Waals surface area contributed by atoms with Crippen molar-refractivity contribution in [2.75, 3.05) is 85.0 Å². The second-order valence-electron chi connectivity index (χ2n) is 14.1. The minimum absolute atomic E-state index is 0.0919. The Morgan fingerprint density at radius 1 is 0.792 bits per heavy atom. The summed E-state index contributed by atoms with van der Waals surface area (Å²) in [7, 11) is -2.30. The van der Waals surface area contributed by atoms with Gasteiger partial charge in [-0.3, -0.25) is 0 Å². The zero-order chi connectivity index (χ0) is 34.5. The third-order valence-corrected chi connectivity index (χ3v) is 14.0. The normalized spacial score (nSPS) is 22.8. The number of nitrogens with zero attached hydrogens (tertiary/aromatic N) is 5. The van der Waals surface area contributed by atoms with Crippen LogP contribution in [-0.4, -0.2) is 115 Å². The Morgan fingerprint density at radius 2 is 1.42 bits per heavy atom. The summed E-state index contributed by atoms with van der Waals surface area (Å²) in [6, 6.07) is 11.3. The largest absolute Gasteiger partial charge is 0.496 e. The van der Waals surface area contributed by atoms with E-state index >= 15 is 0 Å². The van der Waals surface area contributed by atoms with E-state index < -0.39 is 26.0 Å². The van der Waals surface area contributed by atoms with E-state index in [1.54, 1.807) is 26.8 Å². The number of anilines is 1. The number of sulfonamides is 1. The molecule has 0 bridgehead atoms. The standard InChI is InChI=1S/C35H54FN5O5S2/c1-28-23-39(47(42,43)33-15-13-32(14-16-33)37(2)3)20-8-18-38(25-29-10-6-5-7-11-29)19-9-21-40(24-28)48(44,45)41-26-30(27-41)34-17-12-31(36)22-35(34)46-4/h12-17,22,28-30H,5-11,18-21,23-27H2,1-4H3/t28-/m0/s1. The predicted molar refractivity (Wildman–Crippen MR) is 189 cm³/mol. The topological polar surface area (TPSA) is 93.7 Å². The van der Waals surface area contributed by atoms with Crippen LogP contribution in [0, 0.1) is 17.7 Å². The van der Waals surface area contributed by atoms with Crippen molar-refractivity contribution in [3.8, 4) is 5.75 Å². The van der Waals surface area contributed by atoms with Crippen molar-refractivity contribution in [3.63, 3.8) is 0 Å². The van der Waals surface area contributed by atoms with Gasteiger partial charge >= 0.3 is 0 Å². The van der Waals surface area contributed by atoms with E-state index in [4.69, 9.17) is 4.74 Å². The van der Waals surface area contributed by atoms with Gasteiger partial charge in [-0.05, 0) is 80.9 Å². The molecule has 0 spiro atoms. The smallest absolute Gasteiger partial charge is 0.282 e. The third kappa shape index (κ3) is 8.89. The lowest BCUT2D eigenvalue weighted by molar-refractivity contribution is 0.176. The molecule has 268 valence electrons. The average molecular weight is 708 g/mol. The Kier molecular flexibility index (Phi) is 12.4. The summed E-state index contributed by atoms with van der Waals surface area (Å²) >= 11 is 0. The fourth-order valence-corrected chi connectivity index (χ4v) is 10.9. The molecule has 0 radical (unpaired) electrons. The molecule has 2 aliphatic heterocycles. The molecule has 1 saturated carbocycles. The molecule has 48 heavy (non-hydrogen) atoms. The van der Waals surface area contributed by atoms with Crippen LogP contribution in [0.1, 0.15) is 63.4 Å². The van der Waals surface area contributed by atoms with Crippen molar-refractivity contribution in [2.24, 2.45) is 11.8 Å². The molecule has 2 saturated heterocycles. The molecule has 1 aliphatic carbocycles. The first-order valence-corrected chi connectivity index (χ1v) is 20.3. The lowest BCUT2D eigenvalue weighted by Crippen LogP contribution is -2.55. The van der Waals surface area contributed by atoms with Gasteiger partial charge in [-0.2, -0.15) is 21.3 Å². The van der Waals surface area contributed by atoms with Crippen LogP contribution in [0.3, 0.4) is 0 Å². The molecule has 5 rings (SSSR count). The number of hydrogen-bond acceptors (Lipinski definition) is 7. The van der Waals surface area contributed by atoms with Gasteiger partial charge in [0.2, 0.25) is 10.0 Å². The summed E-state index contributed by atoms with van der Waals surface area (Å²) in [6.07, 6.45) is 7.65. The lowest BCUT2D eigenvalue weighted by atomic mass is 9.89. The molecule has 2 heterocycles. The highest BCUT2D eigenvalue weighted by Crippen LogP contribution is 2.36. The predicted octanol–water partition coefficient (Wildman–Crippen LogP) is 4.85. The number of rotatable bonds is 9. The fraction of sp³-hybridized carbons (Fsp3) is 0.657. The van der Waals surface area contributed by atoms with Gasteiger partial charge in [-0.15, -0.1) is 0 Å². The van der Waals surface area contributed by atoms with Gasteiger partial charge in [-0.25, -0.2) is 12.8 Å². The molecule has 2 aromatic rings. The van der Waals surface area contributed by atoms with Crippen molar-refractivity contribution in [2.45, 2.75) is 62.7 Å². The van der Waals surface area contributed by atoms with E-state index in [0.29, 0.717) is 31.2 Å². The van der Waals surface area contributed by atoms with Crippen LogP contribution in [0.25, 0.3) is 0 Å². The molecule has 3 fully saturated rings. The minimum Gasteiger partial charge on any atom is -0.496 e. The highest BCUT2D eigenvalue weighted by molar-refractivity contribution is 7.89. The average Bonchev–Trinajstić information content (AvgIpc) is 3.03. The van der Waals surface area contributed by atoms with Crippen molar-refractivity contribution >= 4 is 25.9 Å². The van der Waals surface area contributed by atoms with Gasteiger partial charge in [0.1, 0.15) is 11.6 Å². The molecule has 0 amide bonds. The van der Waals surface area contributed by atoms with Crippen LogP contribution < -0.4 is 9.64 Å². The maximum absolute atomic E-state index is 14.1. The highest BCUT2D eigenvalue weighted by Gasteiger charge is 2.41. The Morgan fingerprint density at radius 3 is 2.04 bits per heavy atom. The van der Waals surface area contributed by atoms with E-state index in [2.05, 4.69) is 4.90 Å². The molecule has 1 atom stereocenters. The summed E-state index contributed by atoms with van der Waals surface area (Å²) in [6.45, 7) is 6.20. The van der Waals surface area contributed by atoms with Crippen molar-refractivity contribution in [1.29, 1.82) is 0 Å². The van der Waals surface area contributed by atoms with E-state index in [9.17, 15) is 21.2 Å². The highest BCUT2D eigenvalue weighted by atomic mass is 32.2. The second kappa shape index (κ2) is 16.2. The SMILES string of the molecule is COc1cc(F)ccc1C1CN(S(=O)(=O)N2CCCN(CC3CCCCC3)CCCN(S(=O)(=O)c3ccc(N(C)C)cc3)C[C@H](C)C2)C1. The minimum atomic E-state index is -3.82. The first-order chi connectivity index (χ1) is 22.9. The maximum Gasteiger partial charge on any atom is 0.282 e. The lowest BCUT2D eigenvalue weighted by Gasteiger charge is -2.42. The Bertz CT molecular complexity index is 1560. The van der Waals surface area contributed by atoms with Crippen molar-refractivity contribution < 1.29 is 26.0 Å². The number of methoxy groups -OCH3 is 1. The maximum atomic E-state index is 14.1. The number of ether oxygens (including phenoxy) is 1. The molecule has 2 aromatic carbocycles. The molecule has 0 aromatic heterocycles. The molecular formula is C35H54FN5O5S2.